The third-order valence-corrected chi connectivity index (χ3v) is 7.65. The van der Waals surface area contributed by atoms with Crippen LogP contribution in [-0.4, -0.2) is 45.6 Å². The number of H-pyrrole nitrogens is 1. The summed E-state index contributed by atoms with van der Waals surface area (Å²) in [5.74, 6) is -0.226. The maximum Gasteiger partial charge on any atom is 0.254 e. The maximum absolute atomic E-state index is 13.7. The zero-order valence-electron chi connectivity index (χ0n) is 22.0. The first-order valence-corrected chi connectivity index (χ1v) is 13.9. The lowest BCUT2D eigenvalue weighted by molar-refractivity contribution is -0.119. The first-order valence-electron chi connectivity index (χ1n) is 13.1. The van der Waals surface area contributed by atoms with Gasteiger partial charge >= 0.3 is 0 Å². The Hall–Kier alpha value is -4.35. The second-order valence-corrected chi connectivity index (χ2v) is 10.8. The van der Waals surface area contributed by atoms with Gasteiger partial charge in [0.15, 0.2) is 5.15 Å². The molecule has 0 spiro atoms. The van der Waals surface area contributed by atoms with E-state index in [4.69, 9.17) is 23.2 Å². The van der Waals surface area contributed by atoms with E-state index in [1.165, 1.54) is 10.7 Å². The van der Waals surface area contributed by atoms with Crippen molar-refractivity contribution >= 4 is 34.8 Å². The molecule has 2 bridgehead atoms. The summed E-state index contributed by atoms with van der Waals surface area (Å²) in [5.41, 5.74) is 4.21. The molecule has 2 N–H and O–H groups in total. The predicted octanol–water partition coefficient (Wildman–Crippen LogP) is 5.32. The molecule has 2 atom stereocenters. The topological polar surface area (TPSA) is 136 Å². The molecule has 5 heterocycles. The molecule has 1 amide bonds. The number of benzene rings is 1. The number of carbonyl (C=O) groups is 1. The number of hydrogen-bond acceptors (Lipinski definition) is 7. The third kappa shape index (κ3) is 5.50. The largest absolute Gasteiger partial charge is 0.323 e. The van der Waals surface area contributed by atoms with Crippen LogP contribution in [0.4, 0.5) is 5.69 Å². The second-order valence-electron chi connectivity index (χ2n) is 9.99. The number of aromatic amines is 1. The van der Waals surface area contributed by atoms with Crippen molar-refractivity contribution in [2.45, 2.75) is 38.6 Å². The molecule has 0 unspecified atom stereocenters. The summed E-state index contributed by atoms with van der Waals surface area (Å²) >= 11 is 12.3. The number of hydrogen-bond donors (Lipinski definition) is 2. The van der Waals surface area contributed by atoms with Crippen molar-refractivity contribution in [3.63, 3.8) is 0 Å². The van der Waals surface area contributed by atoms with Crippen LogP contribution in [0.25, 0.3) is 28.2 Å². The standard InChI is InChI=1S/C28H25Cl2N9O2/c1-16-4-2-3-5-24(21-10-17(8-9-31-21)27-22(13-33-36-27)34-28(16)41)38-15-32-20(12-26(38)40)19-11-18(29)6-7-23(19)39-14-25(30)35-37-39/h6-16,24H,2-5H2,1H3,(H,33,36)(H,34,41)/t16-,24+/m1/s1. The minimum atomic E-state index is -0.372. The molecular formula is C28H25Cl2N9O2. The van der Waals surface area contributed by atoms with Crippen molar-refractivity contribution in [2.75, 3.05) is 5.32 Å². The van der Waals surface area contributed by atoms with Crippen LogP contribution in [0.2, 0.25) is 10.2 Å². The molecule has 0 radical (unpaired) electrons. The number of anilines is 1. The molecule has 1 aliphatic rings. The summed E-state index contributed by atoms with van der Waals surface area (Å²) in [4.78, 5) is 35.7. The van der Waals surface area contributed by atoms with Gasteiger partial charge in [-0.05, 0) is 43.2 Å². The summed E-state index contributed by atoms with van der Waals surface area (Å²) in [5, 5.41) is 18.7. The van der Waals surface area contributed by atoms with Crippen LogP contribution in [-0.2, 0) is 4.79 Å². The van der Waals surface area contributed by atoms with Gasteiger partial charge in [0.05, 0.1) is 53.2 Å². The van der Waals surface area contributed by atoms with Crippen molar-refractivity contribution in [3.8, 4) is 28.2 Å². The van der Waals surface area contributed by atoms with Gasteiger partial charge in [-0.2, -0.15) is 5.10 Å². The van der Waals surface area contributed by atoms with Crippen molar-refractivity contribution < 1.29 is 4.79 Å². The van der Waals surface area contributed by atoms with E-state index >= 15 is 0 Å². The van der Waals surface area contributed by atoms with Gasteiger partial charge in [-0.15, -0.1) is 5.10 Å². The summed E-state index contributed by atoms with van der Waals surface area (Å²) in [6.07, 6.45) is 9.37. The summed E-state index contributed by atoms with van der Waals surface area (Å²) < 4.78 is 3.11. The number of nitrogens with one attached hydrogen (secondary N) is 2. The Bertz CT molecular complexity index is 1800. The fraction of sp³-hybridized carbons (Fsp3) is 0.250. The first kappa shape index (κ1) is 26.9. The molecule has 5 aromatic rings. The van der Waals surface area contributed by atoms with E-state index in [1.807, 2.05) is 19.1 Å². The molecule has 41 heavy (non-hydrogen) atoms. The SMILES string of the molecule is C[C@@H]1CCCC[C@H](n2cnc(-c3cc(Cl)ccc3-n3cc(Cl)nn3)cc2=O)c2cc(ccn2)-c2[nH]ncc2NC1=O. The van der Waals surface area contributed by atoms with Gasteiger partial charge in [0.2, 0.25) is 5.91 Å². The molecule has 0 saturated carbocycles. The lowest BCUT2D eigenvalue weighted by Gasteiger charge is -2.20. The highest BCUT2D eigenvalue weighted by Gasteiger charge is 2.22. The first-order chi connectivity index (χ1) is 19.9. The minimum Gasteiger partial charge on any atom is -0.323 e. The Labute approximate surface area is 244 Å². The van der Waals surface area contributed by atoms with Crippen LogP contribution < -0.4 is 10.9 Å². The minimum absolute atomic E-state index is 0.0534. The Balaban J connectivity index is 1.41. The Morgan fingerprint density at radius 2 is 1.88 bits per heavy atom. The van der Waals surface area contributed by atoms with Crippen LogP contribution in [0.5, 0.6) is 0 Å². The molecule has 1 aromatic carbocycles. The highest BCUT2D eigenvalue weighted by atomic mass is 35.5. The van der Waals surface area contributed by atoms with Gasteiger partial charge in [-0.3, -0.25) is 24.2 Å². The highest BCUT2D eigenvalue weighted by molar-refractivity contribution is 6.31. The van der Waals surface area contributed by atoms with E-state index in [-0.39, 0.29) is 28.6 Å². The van der Waals surface area contributed by atoms with Gasteiger partial charge in [0.25, 0.3) is 5.56 Å². The summed E-state index contributed by atoms with van der Waals surface area (Å²) in [6, 6.07) is 10.1. The molecule has 208 valence electrons. The average Bonchev–Trinajstić information content (AvgIpc) is 3.61. The van der Waals surface area contributed by atoms with E-state index in [0.29, 0.717) is 51.9 Å². The zero-order chi connectivity index (χ0) is 28.5. The van der Waals surface area contributed by atoms with Gasteiger partial charge in [0, 0.05) is 34.3 Å². The number of aromatic nitrogens is 8. The number of amides is 1. The lowest BCUT2D eigenvalue weighted by Crippen LogP contribution is -2.26. The van der Waals surface area contributed by atoms with Crippen LogP contribution in [0.1, 0.15) is 44.3 Å². The third-order valence-electron chi connectivity index (χ3n) is 7.24. The molecular weight excluding hydrogens is 565 g/mol. The Kier molecular flexibility index (Phi) is 7.38. The van der Waals surface area contributed by atoms with E-state index in [9.17, 15) is 9.59 Å². The predicted molar refractivity (Wildman–Crippen MR) is 155 cm³/mol. The van der Waals surface area contributed by atoms with Crippen LogP contribution in [0, 0.1) is 5.92 Å². The quantitative estimate of drug-likeness (QED) is 0.290. The van der Waals surface area contributed by atoms with Gasteiger partial charge in [-0.1, -0.05) is 48.2 Å². The second kappa shape index (κ2) is 11.3. The fourth-order valence-electron chi connectivity index (χ4n) is 5.06. The van der Waals surface area contributed by atoms with Crippen molar-refractivity contribution in [3.05, 3.63) is 87.5 Å². The smallest absolute Gasteiger partial charge is 0.254 e. The van der Waals surface area contributed by atoms with Crippen LogP contribution >= 0.6 is 23.2 Å². The molecule has 11 nitrogen and oxygen atoms in total. The molecule has 0 aliphatic carbocycles. The van der Waals surface area contributed by atoms with E-state index in [2.05, 4.69) is 35.8 Å². The molecule has 0 fully saturated rings. The molecule has 4 aromatic heterocycles. The number of halogens is 2. The average molecular weight is 590 g/mol. The van der Waals surface area contributed by atoms with Crippen LogP contribution in [0.15, 0.2) is 66.1 Å². The fourth-order valence-corrected chi connectivity index (χ4v) is 5.36. The summed E-state index contributed by atoms with van der Waals surface area (Å²) in [7, 11) is 0. The van der Waals surface area contributed by atoms with Gasteiger partial charge < -0.3 is 5.32 Å². The zero-order valence-corrected chi connectivity index (χ0v) is 23.5. The van der Waals surface area contributed by atoms with E-state index in [1.54, 1.807) is 47.7 Å². The summed E-state index contributed by atoms with van der Waals surface area (Å²) in [6.45, 7) is 1.92. The maximum atomic E-state index is 13.7. The van der Waals surface area contributed by atoms with Crippen molar-refractivity contribution in [1.29, 1.82) is 0 Å². The number of nitrogens with zero attached hydrogens (tertiary/aromatic N) is 7. The van der Waals surface area contributed by atoms with Crippen molar-refractivity contribution in [2.24, 2.45) is 5.92 Å². The number of carbonyl (C=O) groups excluding carboxylic acids is 1. The van der Waals surface area contributed by atoms with Gasteiger partial charge in [0.1, 0.15) is 0 Å². The normalized spacial score (nSPS) is 17.6. The van der Waals surface area contributed by atoms with Gasteiger partial charge in [-0.25, -0.2) is 9.67 Å². The number of pyridine rings is 1. The Morgan fingerprint density at radius 3 is 2.68 bits per heavy atom. The number of rotatable bonds is 3. The molecule has 6 rings (SSSR count). The number of fused-ring (bicyclic) bond motifs is 4. The van der Waals surface area contributed by atoms with Crippen LogP contribution in [0.3, 0.4) is 0 Å². The monoisotopic (exact) mass is 589 g/mol. The van der Waals surface area contributed by atoms with Crippen molar-refractivity contribution in [1.82, 2.24) is 39.7 Å². The van der Waals surface area contributed by atoms with E-state index < -0.39 is 0 Å². The molecule has 13 heteroatoms. The molecule has 0 saturated heterocycles. The highest BCUT2D eigenvalue weighted by Crippen LogP contribution is 2.32. The Morgan fingerprint density at radius 1 is 1.02 bits per heavy atom. The molecule has 1 aliphatic heterocycles. The lowest BCUT2D eigenvalue weighted by atomic mass is 9.99. The van der Waals surface area contributed by atoms with E-state index in [0.717, 1.165) is 18.4 Å².